The molecule has 0 heterocycles. The Morgan fingerprint density at radius 2 is 2.08 bits per heavy atom. The largest absolute Gasteiger partial charge is 0.244 e. The lowest BCUT2D eigenvalue weighted by Crippen LogP contribution is -2.47. The molecule has 1 N–H and O–H groups in total. The van der Waals surface area contributed by atoms with Crippen LogP contribution >= 0.6 is 0 Å². The fourth-order valence-corrected chi connectivity index (χ4v) is 2.32. The van der Waals surface area contributed by atoms with E-state index in [-0.39, 0.29) is 0 Å². The summed E-state index contributed by atoms with van der Waals surface area (Å²) < 4.78 is 21.5. The molecule has 74 valence electrons. The smallest absolute Gasteiger partial charge is 0.206 e. The molecular formula is C8H14N2O2S. The molecule has 0 aliphatic heterocycles. The van der Waals surface area contributed by atoms with E-state index in [2.05, 4.69) is 9.93 Å². The van der Waals surface area contributed by atoms with Crippen molar-refractivity contribution < 1.29 is 8.42 Å². The highest BCUT2D eigenvalue weighted by Crippen LogP contribution is 2.53. The van der Waals surface area contributed by atoms with Gasteiger partial charge < -0.3 is 0 Å². The van der Waals surface area contributed by atoms with E-state index in [4.69, 9.17) is 0 Å². The van der Waals surface area contributed by atoms with Gasteiger partial charge in [-0.1, -0.05) is 6.42 Å². The SMILES string of the molecule is CS(=O)(=O)N/N=C1\CCC12CCC2. The van der Waals surface area contributed by atoms with E-state index in [0.717, 1.165) is 18.4 Å². The molecule has 0 amide bonds. The lowest BCUT2D eigenvalue weighted by molar-refractivity contribution is 0.175. The maximum atomic E-state index is 10.8. The third-order valence-corrected chi connectivity index (χ3v) is 3.53. The van der Waals surface area contributed by atoms with Crippen LogP contribution in [0.4, 0.5) is 0 Å². The molecule has 4 nitrogen and oxygen atoms in total. The summed E-state index contributed by atoms with van der Waals surface area (Å²) in [7, 11) is -3.17. The maximum Gasteiger partial charge on any atom is 0.244 e. The Morgan fingerprint density at radius 1 is 1.38 bits per heavy atom. The van der Waals surface area contributed by atoms with Crippen LogP contribution in [-0.4, -0.2) is 20.4 Å². The van der Waals surface area contributed by atoms with Gasteiger partial charge in [0, 0.05) is 11.1 Å². The van der Waals surface area contributed by atoms with E-state index in [9.17, 15) is 8.42 Å². The van der Waals surface area contributed by atoms with Crippen LogP contribution < -0.4 is 4.83 Å². The van der Waals surface area contributed by atoms with Crippen LogP contribution in [0.25, 0.3) is 0 Å². The molecule has 0 aromatic heterocycles. The number of hydrogen-bond acceptors (Lipinski definition) is 3. The predicted molar refractivity (Wildman–Crippen MR) is 50.9 cm³/mol. The topological polar surface area (TPSA) is 58.5 Å². The molecule has 13 heavy (non-hydrogen) atoms. The second-order valence-electron chi connectivity index (χ2n) is 4.06. The van der Waals surface area contributed by atoms with E-state index >= 15 is 0 Å². The normalized spacial score (nSPS) is 28.2. The average molecular weight is 202 g/mol. The summed E-state index contributed by atoms with van der Waals surface area (Å²) in [5.41, 5.74) is 1.36. The quantitative estimate of drug-likeness (QED) is 0.675. The van der Waals surface area contributed by atoms with Crippen molar-refractivity contribution in [3.63, 3.8) is 0 Å². The number of rotatable bonds is 2. The Bertz CT molecular complexity index is 336. The minimum Gasteiger partial charge on any atom is -0.206 e. The van der Waals surface area contributed by atoms with E-state index in [1.165, 1.54) is 25.7 Å². The van der Waals surface area contributed by atoms with Crippen molar-refractivity contribution in [1.29, 1.82) is 0 Å². The summed E-state index contributed by atoms with van der Waals surface area (Å²) >= 11 is 0. The van der Waals surface area contributed by atoms with Crippen LogP contribution in [0.5, 0.6) is 0 Å². The van der Waals surface area contributed by atoms with Crippen molar-refractivity contribution in [2.75, 3.05) is 6.26 Å². The van der Waals surface area contributed by atoms with Crippen LogP contribution in [-0.2, 0) is 10.0 Å². The summed E-state index contributed by atoms with van der Waals surface area (Å²) in [5, 5.41) is 3.95. The van der Waals surface area contributed by atoms with Crippen molar-refractivity contribution in [3.05, 3.63) is 0 Å². The third-order valence-electron chi connectivity index (χ3n) is 3.11. The molecule has 0 aromatic rings. The number of hydrazone groups is 1. The molecule has 2 aliphatic rings. The summed E-state index contributed by atoms with van der Waals surface area (Å²) in [6, 6.07) is 0. The number of sulfonamides is 1. The third kappa shape index (κ3) is 1.57. The van der Waals surface area contributed by atoms with Gasteiger partial charge in [-0.3, -0.25) is 0 Å². The van der Waals surface area contributed by atoms with Crippen LogP contribution in [0.1, 0.15) is 32.1 Å². The van der Waals surface area contributed by atoms with Gasteiger partial charge in [-0.25, -0.2) is 13.2 Å². The highest BCUT2D eigenvalue weighted by atomic mass is 32.2. The molecule has 0 aromatic carbocycles. The van der Waals surface area contributed by atoms with Crippen molar-refractivity contribution in [2.24, 2.45) is 10.5 Å². The average Bonchev–Trinajstić information content (AvgIpc) is 1.78. The zero-order chi connectivity index (χ0) is 9.53. The monoisotopic (exact) mass is 202 g/mol. The highest BCUT2D eigenvalue weighted by Gasteiger charge is 2.48. The summed E-state index contributed by atoms with van der Waals surface area (Å²) in [6.07, 6.45) is 6.93. The van der Waals surface area contributed by atoms with Gasteiger partial charge in [0.2, 0.25) is 10.0 Å². The Kier molecular flexibility index (Phi) is 1.87. The number of nitrogens with zero attached hydrogens (tertiary/aromatic N) is 1. The number of hydrogen-bond donors (Lipinski definition) is 1. The lowest BCUT2D eigenvalue weighted by Gasteiger charge is -2.50. The van der Waals surface area contributed by atoms with E-state index in [0.29, 0.717) is 5.41 Å². The van der Waals surface area contributed by atoms with Gasteiger partial charge >= 0.3 is 0 Å². The molecule has 2 saturated carbocycles. The first kappa shape index (κ1) is 8.99. The Labute approximate surface area is 78.5 Å². The minimum atomic E-state index is -3.17. The van der Waals surface area contributed by atoms with Crippen LogP contribution in [0.3, 0.4) is 0 Å². The van der Waals surface area contributed by atoms with Crippen LogP contribution in [0, 0.1) is 5.41 Å². The Balaban J connectivity index is 2.02. The molecule has 1 spiro atoms. The van der Waals surface area contributed by atoms with E-state index in [1.807, 2.05) is 0 Å². The van der Waals surface area contributed by atoms with Gasteiger partial charge in [-0.05, 0) is 25.7 Å². The molecule has 2 rings (SSSR count). The van der Waals surface area contributed by atoms with E-state index < -0.39 is 10.0 Å². The first-order chi connectivity index (χ1) is 6.02. The second kappa shape index (κ2) is 2.70. The van der Waals surface area contributed by atoms with Crippen molar-refractivity contribution >= 4 is 15.7 Å². The van der Waals surface area contributed by atoms with Crippen LogP contribution in [0.15, 0.2) is 5.10 Å². The highest BCUT2D eigenvalue weighted by molar-refractivity contribution is 7.88. The van der Waals surface area contributed by atoms with Crippen molar-refractivity contribution in [2.45, 2.75) is 32.1 Å². The summed E-state index contributed by atoms with van der Waals surface area (Å²) in [5.74, 6) is 0. The fraction of sp³-hybridized carbons (Fsp3) is 0.875. The fourth-order valence-electron chi connectivity index (χ4n) is 2.04. The van der Waals surface area contributed by atoms with Crippen LogP contribution in [0.2, 0.25) is 0 Å². The van der Waals surface area contributed by atoms with Gasteiger partial charge in [-0.2, -0.15) is 5.10 Å². The maximum absolute atomic E-state index is 10.8. The van der Waals surface area contributed by atoms with Crippen molar-refractivity contribution in [1.82, 2.24) is 4.83 Å². The van der Waals surface area contributed by atoms with Gasteiger partial charge in [0.25, 0.3) is 0 Å². The molecule has 0 radical (unpaired) electrons. The van der Waals surface area contributed by atoms with E-state index in [1.54, 1.807) is 0 Å². The zero-order valence-electron chi connectivity index (χ0n) is 7.71. The van der Waals surface area contributed by atoms with Gasteiger partial charge in [-0.15, -0.1) is 0 Å². The minimum absolute atomic E-state index is 0.303. The molecule has 0 bridgehead atoms. The molecule has 2 fully saturated rings. The van der Waals surface area contributed by atoms with Crippen molar-refractivity contribution in [3.8, 4) is 0 Å². The molecular weight excluding hydrogens is 188 g/mol. The predicted octanol–water partition coefficient (Wildman–Crippen LogP) is 0.856. The summed E-state index contributed by atoms with van der Waals surface area (Å²) in [4.78, 5) is 2.21. The van der Waals surface area contributed by atoms with Gasteiger partial charge in [0.15, 0.2) is 0 Å². The number of nitrogens with one attached hydrogen (secondary N) is 1. The molecule has 2 aliphatic carbocycles. The summed E-state index contributed by atoms with van der Waals surface area (Å²) in [6.45, 7) is 0. The molecule has 0 atom stereocenters. The Morgan fingerprint density at radius 3 is 2.38 bits per heavy atom. The van der Waals surface area contributed by atoms with Gasteiger partial charge in [0.05, 0.1) is 6.26 Å². The second-order valence-corrected chi connectivity index (χ2v) is 5.78. The first-order valence-corrected chi connectivity index (χ1v) is 6.45. The molecule has 0 unspecified atom stereocenters. The molecule has 5 heteroatoms. The zero-order valence-corrected chi connectivity index (χ0v) is 8.52. The lowest BCUT2D eigenvalue weighted by atomic mass is 9.55. The standard InChI is InChI=1S/C8H14N2O2S/c1-13(11,12)10-9-7-3-6-8(7)4-2-5-8/h10H,2-6H2,1H3/b9-7+. The first-order valence-electron chi connectivity index (χ1n) is 4.56. The van der Waals surface area contributed by atoms with Gasteiger partial charge in [0.1, 0.15) is 0 Å². The Hall–Kier alpha value is -0.580. The molecule has 0 saturated heterocycles.